The first-order valence-electron chi connectivity index (χ1n) is 7.92. The summed E-state index contributed by atoms with van der Waals surface area (Å²) in [6, 6.07) is 7.43. The van der Waals surface area contributed by atoms with Gasteiger partial charge in [0.15, 0.2) is 5.69 Å². The highest BCUT2D eigenvalue weighted by Crippen LogP contribution is 2.37. The van der Waals surface area contributed by atoms with E-state index in [9.17, 15) is 9.18 Å². The summed E-state index contributed by atoms with van der Waals surface area (Å²) in [4.78, 5) is 12.2. The summed E-state index contributed by atoms with van der Waals surface area (Å²) in [6.45, 7) is 2.42. The van der Waals surface area contributed by atoms with Gasteiger partial charge in [-0.05, 0) is 36.8 Å². The van der Waals surface area contributed by atoms with Crippen molar-refractivity contribution in [3.8, 4) is 11.1 Å². The number of halogens is 3. The Kier molecular flexibility index (Phi) is 5.25. The van der Waals surface area contributed by atoms with Crippen LogP contribution in [0.3, 0.4) is 0 Å². The zero-order chi connectivity index (χ0) is 18.8. The number of nitrogens with one attached hydrogen (secondary N) is 1. The summed E-state index contributed by atoms with van der Waals surface area (Å²) < 4.78 is 14.6. The van der Waals surface area contributed by atoms with E-state index in [1.807, 2.05) is 6.92 Å². The monoisotopic (exact) mass is 392 g/mol. The predicted molar refractivity (Wildman–Crippen MR) is 102 cm³/mol. The average molecular weight is 393 g/mol. The molecular formula is C18H15Cl2FN4O. The number of aromatic nitrogens is 2. The van der Waals surface area contributed by atoms with Crippen molar-refractivity contribution in [2.75, 3.05) is 12.3 Å². The van der Waals surface area contributed by atoms with Crippen molar-refractivity contribution < 1.29 is 9.18 Å². The fraction of sp³-hybridized carbons (Fsp3) is 0.167. The Bertz CT molecular complexity index is 1010. The Morgan fingerprint density at radius 3 is 2.73 bits per heavy atom. The average Bonchev–Trinajstić information content (AvgIpc) is 2.62. The third-order valence-corrected chi connectivity index (χ3v) is 4.44. The lowest BCUT2D eigenvalue weighted by atomic mass is 10.0. The number of amides is 1. The zero-order valence-electron chi connectivity index (χ0n) is 13.8. The van der Waals surface area contributed by atoms with Crippen LogP contribution in [0, 0.1) is 5.82 Å². The van der Waals surface area contributed by atoms with Gasteiger partial charge in [0.1, 0.15) is 11.3 Å². The van der Waals surface area contributed by atoms with Crippen LogP contribution in [-0.2, 0) is 0 Å². The Hall–Kier alpha value is -2.44. The largest absolute Gasteiger partial charge is 0.396 e. The van der Waals surface area contributed by atoms with Gasteiger partial charge in [-0.2, -0.15) is 0 Å². The molecule has 1 amide bonds. The number of hydrogen-bond acceptors (Lipinski definition) is 4. The zero-order valence-corrected chi connectivity index (χ0v) is 15.3. The minimum absolute atomic E-state index is 0.000647. The molecule has 5 nitrogen and oxygen atoms in total. The molecule has 3 aromatic rings. The van der Waals surface area contributed by atoms with Crippen LogP contribution in [0.5, 0.6) is 0 Å². The number of anilines is 1. The number of hydrogen-bond donors (Lipinski definition) is 2. The van der Waals surface area contributed by atoms with E-state index >= 15 is 0 Å². The van der Waals surface area contributed by atoms with Gasteiger partial charge in [0.05, 0.1) is 5.69 Å². The number of nitrogens with zero attached hydrogens (tertiary/aromatic N) is 2. The first kappa shape index (κ1) is 18.4. The molecule has 0 bridgehead atoms. The van der Waals surface area contributed by atoms with Crippen molar-refractivity contribution in [3.05, 3.63) is 51.9 Å². The second kappa shape index (κ2) is 7.43. The lowest BCUT2D eigenvalue weighted by molar-refractivity contribution is 0.0949. The van der Waals surface area contributed by atoms with E-state index < -0.39 is 11.7 Å². The van der Waals surface area contributed by atoms with E-state index in [0.29, 0.717) is 27.5 Å². The first-order valence-corrected chi connectivity index (χ1v) is 8.67. The molecule has 0 radical (unpaired) electrons. The summed E-state index contributed by atoms with van der Waals surface area (Å²) in [7, 11) is 0. The summed E-state index contributed by atoms with van der Waals surface area (Å²) >= 11 is 12.2. The minimum Gasteiger partial charge on any atom is -0.396 e. The number of nitrogens with two attached hydrogens (primary N) is 1. The Labute approximate surface area is 159 Å². The van der Waals surface area contributed by atoms with E-state index in [1.165, 1.54) is 12.1 Å². The van der Waals surface area contributed by atoms with Gasteiger partial charge >= 0.3 is 0 Å². The third kappa shape index (κ3) is 3.30. The lowest BCUT2D eigenvalue weighted by Gasteiger charge is -2.12. The first-order chi connectivity index (χ1) is 12.4. The van der Waals surface area contributed by atoms with Crippen LogP contribution in [0.15, 0.2) is 30.3 Å². The van der Waals surface area contributed by atoms with Gasteiger partial charge in [-0.15, -0.1) is 10.2 Å². The second-order valence-corrected chi connectivity index (χ2v) is 6.50. The van der Waals surface area contributed by atoms with Gasteiger partial charge < -0.3 is 11.1 Å². The summed E-state index contributed by atoms with van der Waals surface area (Å²) in [5.41, 5.74) is 6.96. The Balaban J connectivity index is 2.23. The molecule has 0 saturated heterocycles. The van der Waals surface area contributed by atoms with Crippen molar-refractivity contribution in [3.63, 3.8) is 0 Å². The fourth-order valence-electron chi connectivity index (χ4n) is 2.60. The van der Waals surface area contributed by atoms with E-state index in [0.717, 1.165) is 6.42 Å². The number of benzene rings is 2. The third-order valence-electron chi connectivity index (χ3n) is 3.87. The molecular weight excluding hydrogens is 378 g/mol. The predicted octanol–water partition coefficient (Wildman–Crippen LogP) is 4.46. The second-order valence-electron chi connectivity index (χ2n) is 5.66. The van der Waals surface area contributed by atoms with Crippen LogP contribution in [0.1, 0.15) is 23.8 Å². The van der Waals surface area contributed by atoms with Crippen molar-refractivity contribution in [2.24, 2.45) is 0 Å². The summed E-state index contributed by atoms with van der Waals surface area (Å²) in [5.74, 6) is -0.969. The van der Waals surface area contributed by atoms with Gasteiger partial charge in [0.2, 0.25) is 0 Å². The fourth-order valence-corrected chi connectivity index (χ4v) is 2.99. The number of rotatable bonds is 4. The summed E-state index contributed by atoms with van der Waals surface area (Å²) in [5, 5.41) is 11.8. The lowest BCUT2D eigenvalue weighted by Crippen LogP contribution is -2.26. The van der Waals surface area contributed by atoms with Gasteiger partial charge in [0, 0.05) is 33.1 Å². The highest BCUT2D eigenvalue weighted by molar-refractivity contribution is 6.35. The maximum absolute atomic E-state index is 14.6. The molecule has 26 heavy (non-hydrogen) atoms. The molecule has 0 aliphatic rings. The molecule has 0 spiro atoms. The molecule has 2 aromatic carbocycles. The summed E-state index contributed by atoms with van der Waals surface area (Å²) in [6.07, 6.45) is 0.773. The van der Waals surface area contributed by atoms with E-state index in [4.69, 9.17) is 28.9 Å². The van der Waals surface area contributed by atoms with Crippen molar-refractivity contribution in [1.29, 1.82) is 0 Å². The molecule has 0 unspecified atom stereocenters. The molecule has 0 aliphatic heterocycles. The Morgan fingerprint density at radius 1 is 1.23 bits per heavy atom. The van der Waals surface area contributed by atoms with Gasteiger partial charge in [-0.25, -0.2) is 4.39 Å². The number of nitrogen functional groups attached to an aromatic ring is 1. The molecule has 8 heteroatoms. The highest BCUT2D eigenvalue weighted by atomic mass is 35.5. The maximum atomic E-state index is 14.6. The quantitative estimate of drug-likeness (QED) is 0.686. The van der Waals surface area contributed by atoms with Crippen LogP contribution < -0.4 is 11.1 Å². The SMILES string of the molecule is CCCNC(=O)c1nnc2c(-c3cc(Cl)ccc3Cl)c(F)ccc2c1N. The standard InChI is InChI=1S/C18H15Cl2FN4O/c1-2-7-23-18(26)17-15(22)10-4-6-13(21)14(16(10)24-25-17)11-8-9(19)3-5-12(11)20/h3-6,8H,2,7H2,1H3,(H2,22,24)(H,23,26). The molecule has 0 saturated carbocycles. The Morgan fingerprint density at radius 2 is 2.00 bits per heavy atom. The van der Waals surface area contributed by atoms with Gasteiger partial charge in [-0.3, -0.25) is 4.79 Å². The van der Waals surface area contributed by atoms with Crippen LogP contribution in [0.25, 0.3) is 22.0 Å². The molecule has 0 fully saturated rings. The highest BCUT2D eigenvalue weighted by Gasteiger charge is 2.20. The van der Waals surface area contributed by atoms with E-state index in [-0.39, 0.29) is 22.5 Å². The number of carbonyl (C=O) groups excluding carboxylic acids is 1. The topological polar surface area (TPSA) is 80.9 Å². The minimum atomic E-state index is -0.543. The molecule has 134 valence electrons. The molecule has 1 heterocycles. The van der Waals surface area contributed by atoms with Gasteiger partial charge in [0.25, 0.3) is 5.91 Å². The van der Waals surface area contributed by atoms with E-state index in [1.54, 1.807) is 18.2 Å². The van der Waals surface area contributed by atoms with Crippen LogP contribution >= 0.6 is 23.2 Å². The normalized spacial score (nSPS) is 10.9. The molecule has 0 atom stereocenters. The maximum Gasteiger partial charge on any atom is 0.273 e. The van der Waals surface area contributed by atoms with Gasteiger partial charge in [-0.1, -0.05) is 30.1 Å². The smallest absolute Gasteiger partial charge is 0.273 e. The molecule has 0 aliphatic carbocycles. The van der Waals surface area contributed by atoms with Crippen LogP contribution in [-0.4, -0.2) is 22.6 Å². The van der Waals surface area contributed by atoms with E-state index in [2.05, 4.69) is 15.5 Å². The van der Waals surface area contributed by atoms with Crippen LogP contribution in [0.4, 0.5) is 10.1 Å². The number of carbonyl (C=O) groups is 1. The van der Waals surface area contributed by atoms with Crippen molar-refractivity contribution in [1.82, 2.24) is 15.5 Å². The van der Waals surface area contributed by atoms with Crippen LogP contribution in [0.2, 0.25) is 10.0 Å². The molecule has 1 aromatic heterocycles. The van der Waals surface area contributed by atoms with Crippen molar-refractivity contribution in [2.45, 2.75) is 13.3 Å². The van der Waals surface area contributed by atoms with Crippen molar-refractivity contribution >= 4 is 45.7 Å². The number of fused-ring (bicyclic) bond motifs is 1. The molecule has 3 N–H and O–H groups in total. The molecule has 3 rings (SSSR count).